The topological polar surface area (TPSA) is 125 Å². The van der Waals surface area contributed by atoms with Crippen LogP contribution in [0.2, 0.25) is 0 Å². The first-order valence-corrected chi connectivity index (χ1v) is 9.52. The fraction of sp³-hybridized carbons (Fsp3) is 0.267. The summed E-state index contributed by atoms with van der Waals surface area (Å²) < 4.78 is 25.2. The second-order valence-electron chi connectivity index (χ2n) is 5.87. The van der Waals surface area contributed by atoms with Crippen molar-refractivity contribution in [3.8, 4) is 0 Å². The van der Waals surface area contributed by atoms with Crippen LogP contribution in [-0.2, 0) is 10.0 Å². The number of fused-ring (bicyclic) bond motifs is 1. The molecular formula is C15H19N7O2S. The third-order valence-corrected chi connectivity index (χ3v) is 3.73. The van der Waals surface area contributed by atoms with Gasteiger partial charge in [0.05, 0.1) is 18.3 Å². The number of hydrogen-bond acceptors (Lipinski definition) is 7. The second kappa shape index (κ2) is 6.55. The Kier molecular flexibility index (Phi) is 4.45. The lowest BCUT2D eigenvalue weighted by Crippen LogP contribution is -2.13. The zero-order chi connectivity index (χ0) is 18.0. The monoisotopic (exact) mass is 361 g/mol. The number of nitrogens with one attached hydrogen (secondary N) is 4. The fourth-order valence-corrected chi connectivity index (χ4v) is 2.82. The summed E-state index contributed by atoms with van der Waals surface area (Å²) in [6.07, 6.45) is 2.66. The van der Waals surface area contributed by atoms with E-state index in [1.54, 1.807) is 30.6 Å². The number of imidazole rings is 1. The summed E-state index contributed by atoms with van der Waals surface area (Å²) in [6.45, 7) is 4.02. The first-order valence-electron chi connectivity index (χ1n) is 7.63. The molecule has 2 aromatic heterocycles. The standard InChI is InChI=1S/C15H19N7O2S/c1-9(2)18-14-12-13(17-8-16-12)20-15(21-14)19-10-5-4-6-11(7-10)22-25(3,23)24/h4-9,22H,1-3H3,(H3,16,17,18,19,20,21). The molecule has 0 aliphatic carbocycles. The van der Waals surface area contributed by atoms with E-state index in [9.17, 15) is 8.42 Å². The van der Waals surface area contributed by atoms with E-state index < -0.39 is 10.0 Å². The summed E-state index contributed by atoms with van der Waals surface area (Å²) in [6, 6.07) is 7.04. The number of nitrogens with zero attached hydrogens (tertiary/aromatic N) is 3. The molecule has 3 aromatic rings. The van der Waals surface area contributed by atoms with Gasteiger partial charge in [-0.15, -0.1) is 0 Å². The van der Waals surface area contributed by atoms with Crippen LogP contribution in [-0.4, -0.2) is 40.7 Å². The first kappa shape index (κ1) is 17.0. The molecule has 132 valence electrons. The van der Waals surface area contributed by atoms with E-state index in [1.165, 1.54) is 0 Å². The summed E-state index contributed by atoms with van der Waals surface area (Å²) >= 11 is 0. The van der Waals surface area contributed by atoms with E-state index in [-0.39, 0.29) is 6.04 Å². The van der Waals surface area contributed by atoms with Crippen LogP contribution < -0.4 is 15.4 Å². The van der Waals surface area contributed by atoms with Gasteiger partial charge in [-0.05, 0) is 32.0 Å². The Hall–Kier alpha value is -2.88. The Morgan fingerprint density at radius 1 is 1.16 bits per heavy atom. The molecule has 0 aliphatic heterocycles. The van der Waals surface area contributed by atoms with E-state index in [0.29, 0.717) is 34.3 Å². The molecule has 4 N–H and O–H groups in total. The van der Waals surface area contributed by atoms with Gasteiger partial charge in [0.1, 0.15) is 5.52 Å². The molecule has 0 spiro atoms. The number of H-pyrrole nitrogens is 1. The minimum absolute atomic E-state index is 0.185. The average Bonchev–Trinajstić information content (AvgIpc) is 2.93. The molecule has 0 bridgehead atoms. The van der Waals surface area contributed by atoms with Crippen LogP contribution in [0.1, 0.15) is 13.8 Å². The molecule has 0 unspecified atom stereocenters. The second-order valence-corrected chi connectivity index (χ2v) is 7.62. The first-order chi connectivity index (χ1) is 11.8. The summed E-state index contributed by atoms with van der Waals surface area (Å²) in [7, 11) is -3.34. The quantitative estimate of drug-likeness (QED) is 0.531. The molecule has 9 nitrogen and oxygen atoms in total. The Labute approximate surface area is 145 Å². The van der Waals surface area contributed by atoms with E-state index in [2.05, 4.69) is 35.3 Å². The van der Waals surface area contributed by atoms with Crippen molar-refractivity contribution in [2.75, 3.05) is 21.6 Å². The molecule has 2 heterocycles. The normalized spacial score (nSPS) is 11.7. The molecule has 0 aliphatic rings. The van der Waals surface area contributed by atoms with Crippen LogP contribution in [0.15, 0.2) is 30.6 Å². The smallest absolute Gasteiger partial charge is 0.231 e. The van der Waals surface area contributed by atoms with Crippen molar-refractivity contribution in [3.63, 3.8) is 0 Å². The minimum atomic E-state index is -3.34. The lowest BCUT2D eigenvalue weighted by Gasteiger charge is -2.12. The van der Waals surface area contributed by atoms with Crippen LogP contribution >= 0.6 is 0 Å². The van der Waals surface area contributed by atoms with Gasteiger partial charge in [0, 0.05) is 11.7 Å². The molecule has 1 aromatic carbocycles. The van der Waals surface area contributed by atoms with E-state index in [4.69, 9.17) is 0 Å². The Morgan fingerprint density at radius 2 is 1.92 bits per heavy atom. The molecule has 25 heavy (non-hydrogen) atoms. The highest BCUT2D eigenvalue weighted by Gasteiger charge is 2.11. The van der Waals surface area contributed by atoms with Crippen molar-refractivity contribution in [1.29, 1.82) is 0 Å². The Bertz CT molecular complexity index is 998. The highest BCUT2D eigenvalue weighted by molar-refractivity contribution is 7.92. The zero-order valence-electron chi connectivity index (χ0n) is 14.0. The Morgan fingerprint density at radius 3 is 2.64 bits per heavy atom. The van der Waals surface area contributed by atoms with Gasteiger partial charge in [-0.25, -0.2) is 13.4 Å². The minimum Gasteiger partial charge on any atom is -0.366 e. The van der Waals surface area contributed by atoms with Gasteiger partial charge in [0.2, 0.25) is 16.0 Å². The maximum absolute atomic E-state index is 11.4. The van der Waals surface area contributed by atoms with Crippen molar-refractivity contribution >= 4 is 44.3 Å². The van der Waals surface area contributed by atoms with Gasteiger partial charge in [-0.3, -0.25) is 4.72 Å². The number of sulfonamides is 1. The molecular weight excluding hydrogens is 342 g/mol. The number of hydrogen-bond donors (Lipinski definition) is 4. The predicted molar refractivity (Wildman–Crippen MR) is 98.6 cm³/mol. The van der Waals surface area contributed by atoms with Crippen LogP contribution in [0.25, 0.3) is 11.2 Å². The highest BCUT2D eigenvalue weighted by atomic mass is 32.2. The van der Waals surface area contributed by atoms with Gasteiger partial charge in [-0.2, -0.15) is 9.97 Å². The summed E-state index contributed by atoms with van der Waals surface area (Å²) in [5.74, 6) is 0.991. The highest BCUT2D eigenvalue weighted by Crippen LogP contribution is 2.23. The average molecular weight is 361 g/mol. The molecule has 10 heteroatoms. The molecule has 0 radical (unpaired) electrons. The molecule has 3 rings (SSSR count). The molecule has 0 saturated heterocycles. The van der Waals surface area contributed by atoms with Crippen molar-refractivity contribution < 1.29 is 8.42 Å². The van der Waals surface area contributed by atoms with Gasteiger partial charge < -0.3 is 15.6 Å². The number of rotatable bonds is 6. The predicted octanol–water partition coefficient (Wildman–Crippen LogP) is 2.29. The number of aromatic nitrogens is 4. The molecule has 0 amide bonds. The van der Waals surface area contributed by atoms with Gasteiger partial charge in [-0.1, -0.05) is 6.07 Å². The van der Waals surface area contributed by atoms with Crippen LogP contribution in [0.4, 0.5) is 23.1 Å². The Balaban J connectivity index is 1.91. The number of anilines is 4. The summed E-state index contributed by atoms with van der Waals surface area (Å²) in [4.78, 5) is 16.0. The summed E-state index contributed by atoms with van der Waals surface area (Å²) in [5.41, 5.74) is 2.37. The lowest BCUT2D eigenvalue weighted by molar-refractivity contribution is 0.607. The van der Waals surface area contributed by atoms with E-state index in [0.717, 1.165) is 6.26 Å². The van der Waals surface area contributed by atoms with Crippen molar-refractivity contribution in [2.24, 2.45) is 0 Å². The largest absolute Gasteiger partial charge is 0.366 e. The van der Waals surface area contributed by atoms with Crippen molar-refractivity contribution in [2.45, 2.75) is 19.9 Å². The van der Waals surface area contributed by atoms with Crippen LogP contribution in [0.3, 0.4) is 0 Å². The van der Waals surface area contributed by atoms with Crippen LogP contribution in [0, 0.1) is 0 Å². The molecule has 0 atom stereocenters. The lowest BCUT2D eigenvalue weighted by atomic mass is 10.3. The maximum Gasteiger partial charge on any atom is 0.231 e. The number of benzene rings is 1. The van der Waals surface area contributed by atoms with E-state index in [1.807, 2.05) is 13.8 Å². The van der Waals surface area contributed by atoms with Gasteiger partial charge >= 0.3 is 0 Å². The third-order valence-electron chi connectivity index (χ3n) is 3.13. The molecule has 0 fully saturated rings. The fourth-order valence-electron chi connectivity index (χ4n) is 2.27. The molecule has 0 saturated carbocycles. The SMILES string of the molecule is CC(C)Nc1nc(Nc2cccc(NS(C)(=O)=O)c2)nc2[nH]cnc12. The number of aromatic amines is 1. The van der Waals surface area contributed by atoms with Crippen molar-refractivity contribution in [3.05, 3.63) is 30.6 Å². The van der Waals surface area contributed by atoms with Gasteiger partial charge in [0.15, 0.2) is 11.5 Å². The van der Waals surface area contributed by atoms with Gasteiger partial charge in [0.25, 0.3) is 0 Å². The maximum atomic E-state index is 11.4. The van der Waals surface area contributed by atoms with E-state index >= 15 is 0 Å². The summed E-state index contributed by atoms with van der Waals surface area (Å²) in [5, 5.41) is 6.32. The van der Waals surface area contributed by atoms with Crippen LogP contribution in [0.5, 0.6) is 0 Å². The van der Waals surface area contributed by atoms with Crippen molar-refractivity contribution in [1.82, 2.24) is 19.9 Å². The third kappa shape index (κ3) is 4.35. The zero-order valence-corrected chi connectivity index (χ0v) is 14.8.